The number of benzene rings is 3. The monoisotopic (exact) mass is 274 g/mol. The number of aryl methyl sites for hydroxylation is 1. The molecule has 21 heavy (non-hydrogen) atoms. The lowest BCUT2D eigenvalue weighted by Crippen LogP contribution is -1.92. The van der Waals surface area contributed by atoms with Crippen molar-refractivity contribution in [2.45, 2.75) is 32.6 Å². The number of hydrogen-bond donors (Lipinski definition) is 0. The van der Waals surface area contributed by atoms with Crippen LogP contribution in [0.2, 0.25) is 0 Å². The largest absolute Gasteiger partial charge is 0.0984 e. The molecule has 0 aliphatic heterocycles. The minimum absolute atomic E-state index is 1.15. The van der Waals surface area contributed by atoms with E-state index < -0.39 is 0 Å². The molecule has 0 saturated carbocycles. The van der Waals surface area contributed by atoms with Crippen LogP contribution in [-0.2, 0) is 6.42 Å². The van der Waals surface area contributed by atoms with E-state index in [1.807, 2.05) is 6.08 Å². The Labute approximate surface area is 127 Å². The molecule has 0 nitrogen and oxygen atoms in total. The van der Waals surface area contributed by atoms with E-state index in [2.05, 4.69) is 62.0 Å². The van der Waals surface area contributed by atoms with Crippen molar-refractivity contribution in [3.8, 4) is 0 Å². The second-order valence-electron chi connectivity index (χ2n) is 5.68. The summed E-state index contributed by atoms with van der Waals surface area (Å²) in [7, 11) is 0. The summed E-state index contributed by atoms with van der Waals surface area (Å²) in [6, 6.07) is 17.6. The molecule has 0 spiro atoms. The molecule has 0 aliphatic rings. The third-order valence-electron chi connectivity index (χ3n) is 4.31. The predicted molar refractivity (Wildman–Crippen MR) is 94.8 cm³/mol. The molecule has 0 unspecified atom stereocenters. The molecule has 0 heterocycles. The second kappa shape index (κ2) is 6.13. The van der Waals surface area contributed by atoms with Gasteiger partial charge in [0.15, 0.2) is 0 Å². The van der Waals surface area contributed by atoms with Gasteiger partial charge >= 0.3 is 0 Å². The minimum atomic E-state index is 1.15. The minimum Gasteiger partial charge on any atom is -0.0984 e. The molecule has 3 aromatic rings. The summed E-state index contributed by atoms with van der Waals surface area (Å²) in [4.78, 5) is 0. The Hall–Kier alpha value is -2.08. The zero-order valence-electron chi connectivity index (χ0n) is 12.7. The van der Waals surface area contributed by atoms with Gasteiger partial charge in [0.05, 0.1) is 0 Å². The van der Waals surface area contributed by atoms with Gasteiger partial charge in [0.25, 0.3) is 0 Å². The van der Waals surface area contributed by atoms with E-state index in [1.54, 1.807) is 0 Å². The molecule has 3 aromatic carbocycles. The van der Waals surface area contributed by atoms with E-state index in [0.717, 1.165) is 6.42 Å². The Kier molecular flexibility index (Phi) is 4.06. The van der Waals surface area contributed by atoms with Gasteiger partial charge < -0.3 is 0 Å². The molecule has 3 rings (SSSR count). The summed E-state index contributed by atoms with van der Waals surface area (Å²) in [5, 5.41) is 5.30. The first kappa shape index (κ1) is 13.9. The quantitative estimate of drug-likeness (QED) is 0.374. The summed E-state index contributed by atoms with van der Waals surface area (Å²) in [6.45, 7) is 6.30. The average molecular weight is 274 g/mol. The van der Waals surface area contributed by atoms with Crippen LogP contribution < -0.4 is 0 Å². The van der Waals surface area contributed by atoms with Crippen molar-refractivity contribution in [2.24, 2.45) is 0 Å². The Morgan fingerprint density at radius 3 is 2.48 bits per heavy atom. The third-order valence-corrected chi connectivity index (χ3v) is 4.31. The molecule has 0 radical (unpaired) electrons. The van der Waals surface area contributed by atoms with Crippen LogP contribution in [0.15, 0.2) is 55.1 Å². The summed E-state index contributed by atoms with van der Waals surface area (Å²) in [5.74, 6) is 0. The fraction of sp³-hybridized carbons (Fsp3) is 0.238. The van der Waals surface area contributed by atoms with E-state index in [-0.39, 0.29) is 0 Å². The lowest BCUT2D eigenvalue weighted by atomic mass is 9.93. The third kappa shape index (κ3) is 2.58. The molecule has 0 saturated heterocycles. The van der Waals surface area contributed by atoms with Crippen LogP contribution in [0.1, 0.15) is 37.3 Å². The highest BCUT2D eigenvalue weighted by Gasteiger charge is 2.07. The van der Waals surface area contributed by atoms with Crippen LogP contribution in [0.5, 0.6) is 0 Å². The van der Waals surface area contributed by atoms with Gasteiger partial charge in [-0.1, -0.05) is 81.0 Å². The Bertz CT molecular complexity index is 780. The van der Waals surface area contributed by atoms with E-state index in [0.29, 0.717) is 0 Å². The predicted octanol–water partition coefficient (Wildman–Crippen LogP) is 6.37. The van der Waals surface area contributed by atoms with Crippen molar-refractivity contribution in [3.63, 3.8) is 0 Å². The van der Waals surface area contributed by atoms with Crippen molar-refractivity contribution in [2.75, 3.05) is 0 Å². The van der Waals surface area contributed by atoms with Gasteiger partial charge in [0.1, 0.15) is 0 Å². The molecule has 106 valence electrons. The first-order chi connectivity index (χ1) is 10.3. The van der Waals surface area contributed by atoms with Gasteiger partial charge in [-0.2, -0.15) is 0 Å². The second-order valence-corrected chi connectivity index (χ2v) is 5.68. The Morgan fingerprint density at radius 2 is 1.67 bits per heavy atom. The first-order valence-electron chi connectivity index (χ1n) is 7.91. The lowest BCUT2D eigenvalue weighted by molar-refractivity contribution is 0.717. The van der Waals surface area contributed by atoms with Crippen LogP contribution in [0.3, 0.4) is 0 Å². The maximum atomic E-state index is 4.05. The van der Waals surface area contributed by atoms with Crippen LogP contribution in [-0.4, -0.2) is 0 Å². The van der Waals surface area contributed by atoms with Gasteiger partial charge in [-0.3, -0.25) is 0 Å². The van der Waals surface area contributed by atoms with Gasteiger partial charge in [0.2, 0.25) is 0 Å². The standard InChI is InChI=1S/C21H22/c1-3-5-6-9-16-12-15-21-19-11-8-7-10-17(19)13-14-20(21)18(16)4-2/h4,7-8,10-15H,2-3,5-6,9H2,1H3. The smallest absolute Gasteiger partial charge is 0.00992 e. The van der Waals surface area contributed by atoms with Crippen LogP contribution in [0.4, 0.5) is 0 Å². The molecule has 0 fully saturated rings. The van der Waals surface area contributed by atoms with E-state index in [1.165, 1.54) is 51.9 Å². The highest BCUT2D eigenvalue weighted by atomic mass is 14.1. The maximum absolute atomic E-state index is 4.05. The molecule has 0 amide bonds. The normalized spacial score (nSPS) is 11.1. The fourth-order valence-corrected chi connectivity index (χ4v) is 3.18. The van der Waals surface area contributed by atoms with E-state index in [9.17, 15) is 0 Å². The fourth-order valence-electron chi connectivity index (χ4n) is 3.18. The van der Waals surface area contributed by atoms with Crippen LogP contribution in [0.25, 0.3) is 27.6 Å². The maximum Gasteiger partial charge on any atom is -0.00992 e. The van der Waals surface area contributed by atoms with Gasteiger partial charge in [0, 0.05) is 0 Å². The summed E-state index contributed by atoms with van der Waals surface area (Å²) < 4.78 is 0. The SMILES string of the molecule is C=Cc1c(CCCCC)ccc2c1ccc1ccccc12. The Morgan fingerprint density at radius 1 is 0.857 bits per heavy atom. The average Bonchev–Trinajstić information content (AvgIpc) is 2.54. The van der Waals surface area contributed by atoms with Gasteiger partial charge in [-0.15, -0.1) is 0 Å². The van der Waals surface area contributed by atoms with Crippen molar-refractivity contribution in [1.82, 2.24) is 0 Å². The molecule has 0 atom stereocenters. The highest BCUT2D eigenvalue weighted by molar-refractivity contribution is 6.10. The van der Waals surface area contributed by atoms with Gasteiger partial charge in [-0.25, -0.2) is 0 Å². The van der Waals surface area contributed by atoms with E-state index in [4.69, 9.17) is 0 Å². The van der Waals surface area contributed by atoms with Crippen LogP contribution in [0, 0.1) is 0 Å². The van der Waals surface area contributed by atoms with Crippen molar-refractivity contribution in [3.05, 3.63) is 66.2 Å². The molecular formula is C21H22. The van der Waals surface area contributed by atoms with Crippen molar-refractivity contribution < 1.29 is 0 Å². The first-order valence-corrected chi connectivity index (χ1v) is 7.91. The topological polar surface area (TPSA) is 0 Å². The molecule has 0 heteroatoms. The van der Waals surface area contributed by atoms with Crippen molar-refractivity contribution in [1.29, 1.82) is 0 Å². The van der Waals surface area contributed by atoms with E-state index >= 15 is 0 Å². The zero-order chi connectivity index (χ0) is 14.7. The molecule has 0 N–H and O–H groups in total. The van der Waals surface area contributed by atoms with Crippen LogP contribution >= 0.6 is 0 Å². The molecule has 0 bridgehead atoms. The number of hydrogen-bond acceptors (Lipinski definition) is 0. The number of unbranched alkanes of at least 4 members (excludes halogenated alkanes) is 2. The Balaban J connectivity index is 2.17. The number of rotatable bonds is 5. The molecular weight excluding hydrogens is 252 g/mol. The van der Waals surface area contributed by atoms with Gasteiger partial charge in [-0.05, 0) is 45.5 Å². The zero-order valence-corrected chi connectivity index (χ0v) is 12.7. The summed E-state index contributed by atoms with van der Waals surface area (Å²) in [6.07, 6.45) is 7.00. The summed E-state index contributed by atoms with van der Waals surface area (Å²) >= 11 is 0. The number of fused-ring (bicyclic) bond motifs is 3. The highest BCUT2D eigenvalue weighted by Crippen LogP contribution is 2.30. The van der Waals surface area contributed by atoms with Crippen molar-refractivity contribution >= 4 is 27.6 Å². The molecule has 0 aliphatic carbocycles. The molecule has 0 aromatic heterocycles. The lowest BCUT2D eigenvalue weighted by Gasteiger charge is -2.12. The summed E-state index contributed by atoms with van der Waals surface area (Å²) in [5.41, 5.74) is 2.75.